The molecule has 0 spiro atoms. The van der Waals surface area contributed by atoms with Crippen molar-refractivity contribution in [2.75, 3.05) is 17.2 Å². The lowest BCUT2D eigenvalue weighted by Crippen LogP contribution is -2.29. The van der Waals surface area contributed by atoms with Gasteiger partial charge in [0.15, 0.2) is 11.6 Å². The van der Waals surface area contributed by atoms with Crippen molar-refractivity contribution < 1.29 is 9.18 Å². The molecule has 0 fully saturated rings. The highest BCUT2D eigenvalue weighted by atomic mass is 19.1. The summed E-state index contributed by atoms with van der Waals surface area (Å²) in [6.07, 6.45) is 3.38. The number of carbonyl (C=O) groups excluding carboxylic acids is 1. The van der Waals surface area contributed by atoms with Gasteiger partial charge in [0, 0.05) is 29.9 Å². The Balaban J connectivity index is 1.96. The van der Waals surface area contributed by atoms with Crippen LogP contribution < -0.4 is 22.1 Å². The third-order valence-electron chi connectivity index (χ3n) is 4.37. The van der Waals surface area contributed by atoms with E-state index in [1.807, 2.05) is 31.2 Å². The average molecular weight is 382 g/mol. The minimum atomic E-state index is -0.771. The molecule has 3 aromatic rings. The van der Waals surface area contributed by atoms with Crippen LogP contribution in [0.1, 0.15) is 30.1 Å². The van der Waals surface area contributed by atoms with Crippen molar-refractivity contribution in [3.63, 3.8) is 0 Å². The number of benzene rings is 1. The first-order valence-corrected chi connectivity index (χ1v) is 9.10. The minimum absolute atomic E-state index is 0.0267. The summed E-state index contributed by atoms with van der Waals surface area (Å²) in [7, 11) is 0. The molecule has 146 valence electrons. The average Bonchev–Trinajstić information content (AvgIpc) is 2.69. The molecule has 6 N–H and O–H groups in total. The fourth-order valence-electron chi connectivity index (χ4n) is 2.95. The highest BCUT2D eigenvalue weighted by molar-refractivity contribution is 5.99. The van der Waals surface area contributed by atoms with Crippen LogP contribution in [0, 0.1) is 5.82 Å². The number of hydrogen-bond donors (Lipinski definition) is 4. The standard InChI is InChI=1S/C20H23FN6O/c1-2-4-14(11-22)26-20-16(21)10-15(18(23)28)19(27-20)25-13-6-7-17-12(9-13)5-3-8-24-17/h3,5-10,14H,2,4,11,22H2,1H3,(H2,23,28)(H2,25,26,27)/t14-/m1/s1. The SMILES string of the molecule is CCC[C@H](CN)Nc1nc(Nc2ccc3ncccc3c2)c(C(N)=O)cc1F. The molecule has 0 saturated heterocycles. The van der Waals surface area contributed by atoms with Crippen molar-refractivity contribution in [1.82, 2.24) is 9.97 Å². The lowest BCUT2D eigenvalue weighted by atomic mass is 10.1. The van der Waals surface area contributed by atoms with Gasteiger partial charge in [-0.15, -0.1) is 0 Å². The third-order valence-corrected chi connectivity index (χ3v) is 4.37. The van der Waals surface area contributed by atoms with Crippen LogP contribution in [0.5, 0.6) is 0 Å². The van der Waals surface area contributed by atoms with Crippen LogP contribution in [0.15, 0.2) is 42.6 Å². The topological polar surface area (TPSA) is 119 Å². The normalized spacial score (nSPS) is 12.0. The zero-order chi connectivity index (χ0) is 20.1. The van der Waals surface area contributed by atoms with Crippen molar-refractivity contribution >= 4 is 34.1 Å². The Labute approximate surface area is 162 Å². The van der Waals surface area contributed by atoms with E-state index < -0.39 is 11.7 Å². The van der Waals surface area contributed by atoms with E-state index in [9.17, 15) is 9.18 Å². The maximum Gasteiger partial charge on any atom is 0.252 e. The summed E-state index contributed by atoms with van der Waals surface area (Å²) in [6.45, 7) is 2.36. The van der Waals surface area contributed by atoms with Crippen LogP contribution in [0.4, 0.5) is 21.7 Å². The van der Waals surface area contributed by atoms with Crippen molar-refractivity contribution in [2.45, 2.75) is 25.8 Å². The van der Waals surface area contributed by atoms with E-state index in [4.69, 9.17) is 11.5 Å². The third kappa shape index (κ3) is 4.34. The Bertz CT molecular complexity index is 994. The van der Waals surface area contributed by atoms with Crippen LogP contribution in [0.2, 0.25) is 0 Å². The summed E-state index contributed by atoms with van der Waals surface area (Å²) in [5, 5.41) is 6.98. The van der Waals surface area contributed by atoms with Gasteiger partial charge in [-0.3, -0.25) is 9.78 Å². The number of primary amides is 1. The molecule has 3 rings (SSSR count). The lowest BCUT2D eigenvalue weighted by molar-refractivity contribution is 0.100. The van der Waals surface area contributed by atoms with Crippen LogP contribution in [0.25, 0.3) is 10.9 Å². The second-order valence-corrected chi connectivity index (χ2v) is 6.48. The summed E-state index contributed by atoms with van der Waals surface area (Å²) >= 11 is 0. The maximum atomic E-state index is 14.5. The van der Waals surface area contributed by atoms with Crippen LogP contribution >= 0.6 is 0 Å². The molecule has 28 heavy (non-hydrogen) atoms. The Morgan fingerprint density at radius 1 is 1.25 bits per heavy atom. The van der Waals surface area contributed by atoms with Gasteiger partial charge in [0.05, 0.1) is 11.1 Å². The van der Waals surface area contributed by atoms with E-state index in [-0.39, 0.29) is 23.2 Å². The quantitative estimate of drug-likeness (QED) is 0.475. The molecule has 1 atom stereocenters. The van der Waals surface area contributed by atoms with Gasteiger partial charge in [-0.1, -0.05) is 19.4 Å². The molecule has 0 aliphatic heterocycles. The van der Waals surface area contributed by atoms with E-state index in [1.165, 1.54) is 0 Å². The largest absolute Gasteiger partial charge is 0.365 e. The first kappa shape index (κ1) is 19.5. The number of nitrogens with one attached hydrogen (secondary N) is 2. The van der Waals surface area contributed by atoms with Crippen molar-refractivity contribution in [3.8, 4) is 0 Å². The molecule has 1 aromatic carbocycles. The van der Waals surface area contributed by atoms with Crippen LogP contribution in [-0.4, -0.2) is 28.5 Å². The first-order valence-electron chi connectivity index (χ1n) is 9.10. The number of pyridine rings is 2. The zero-order valence-electron chi connectivity index (χ0n) is 15.6. The monoisotopic (exact) mass is 382 g/mol. The predicted octanol–water partition coefficient (Wildman–Crippen LogP) is 3.15. The number of carbonyl (C=O) groups is 1. The number of nitrogens with two attached hydrogens (primary N) is 2. The summed E-state index contributed by atoms with van der Waals surface area (Å²) in [5.41, 5.74) is 12.6. The molecule has 0 saturated carbocycles. The van der Waals surface area contributed by atoms with E-state index in [2.05, 4.69) is 20.6 Å². The number of nitrogens with zero attached hydrogens (tertiary/aromatic N) is 2. The van der Waals surface area contributed by atoms with Gasteiger partial charge in [0.25, 0.3) is 5.91 Å². The summed E-state index contributed by atoms with van der Waals surface area (Å²) in [6, 6.07) is 10.2. The maximum absolute atomic E-state index is 14.5. The highest BCUT2D eigenvalue weighted by Gasteiger charge is 2.18. The molecular weight excluding hydrogens is 359 g/mol. The fraction of sp³-hybridized carbons (Fsp3) is 0.250. The van der Waals surface area contributed by atoms with E-state index in [1.54, 1.807) is 12.3 Å². The van der Waals surface area contributed by atoms with E-state index in [0.717, 1.165) is 29.8 Å². The molecule has 2 heterocycles. The van der Waals surface area contributed by atoms with Gasteiger partial charge >= 0.3 is 0 Å². The second-order valence-electron chi connectivity index (χ2n) is 6.48. The summed E-state index contributed by atoms with van der Waals surface area (Å²) < 4.78 is 14.5. The first-order chi connectivity index (χ1) is 13.5. The van der Waals surface area contributed by atoms with Gasteiger partial charge in [0.2, 0.25) is 0 Å². The van der Waals surface area contributed by atoms with Gasteiger partial charge in [-0.2, -0.15) is 0 Å². The molecular formula is C20H23FN6O. The highest BCUT2D eigenvalue weighted by Crippen LogP contribution is 2.26. The van der Waals surface area contributed by atoms with Crippen LogP contribution in [-0.2, 0) is 0 Å². The Kier molecular flexibility index (Phi) is 6.00. The Morgan fingerprint density at radius 3 is 2.79 bits per heavy atom. The number of fused-ring (bicyclic) bond motifs is 1. The number of amides is 1. The number of aromatic nitrogens is 2. The van der Waals surface area contributed by atoms with Crippen molar-refractivity contribution in [1.29, 1.82) is 0 Å². The molecule has 0 bridgehead atoms. The van der Waals surface area contributed by atoms with E-state index >= 15 is 0 Å². The molecule has 0 radical (unpaired) electrons. The fourth-order valence-corrected chi connectivity index (χ4v) is 2.95. The molecule has 1 amide bonds. The van der Waals surface area contributed by atoms with Gasteiger partial charge in [0.1, 0.15) is 5.82 Å². The molecule has 8 heteroatoms. The molecule has 0 aliphatic carbocycles. The summed E-state index contributed by atoms with van der Waals surface area (Å²) in [5.74, 6) is -1.23. The Morgan fingerprint density at radius 2 is 2.07 bits per heavy atom. The second kappa shape index (κ2) is 8.62. The molecule has 2 aromatic heterocycles. The van der Waals surface area contributed by atoms with Crippen molar-refractivity contribution in [3.05, 3.63) is 54.0 Å². The lowest BCUT2D eigenvalue weighted by Gasteiger charge is -2.19. The molecule has 0 unspecified atom stereocenters. The smallest absolute Gasteiger partial charge is 0.252 e. The minimum Gasteiger partial charge on any atom is -0.365 e. The van der Waals surface area contributed by atoms with Gasteiger partial charge in [-0.05, 0) is 36.8 Å². The van der Waals surface area contributed by atoms with Crippen molar-refractivity contribution in [2.24, 2.45) is 11.5 Å². The molecule has 7 nitrogen and oxygen atoms in total. The van der Waals surface area contributed by atoms with Gasteiger partial charge in [-0.25, -0.2) is 9.37 Å². The number of halogens is 1. The predicted molar refractivity (Wildman–Crippen MR) is 109 cm³/mol. The zero-order valence-corrected chi connectivity index (χ0v) is 15.6. The molecule has 0 aliphatic rings. The van der Waals surface area contributed by atoms with Crippen LogP contribution in [0.3, 0.4) is 0 Å². The summed E-state index contributed by atoms with van der Waals surface area (Å²) in [4.78, 5) is 20.3. The van der Waals surface area contributed by atoms with E-state index in [0.29, 0.717) is 12.2 Å². The number of rotatable bonds is 8. The Hall–Kier alpha value is -3.26. The number of hydrogen-bond acceptors (Lipinski definition) is 6. The van der Waals surface area contributed by atoms with Gasteiger partial charge < -0.3 is 22.1 Å². The number of anilines is 3.